The molecular weight excluding hydrogens is 256 g/mol. The normalized spacial score (nSPS) is 26.5. The lowest BCUT2D eigenvalue weighted by atomic mass is 10.0. The minimum Gasteiger partial charge on any atom is -0.392 e. The van der Waals surface area contributed by atoms with Gasteiger partial charge in [-0.05, 0) is 42.6 Å². The predicted molar refractivity (Wildman–Crippen MR) is 62.9 cm³/mol. The minimum atomic E-state index is -0.199. The minimum absolute atomic E-state index is 0.199. The highest BCUT2D eigenvalue weighted by molar-refractivity contribution is 9.10. The lowest BCUT2D eigenvalue weighted by Gasteiger charge is -2.19. The molecule has 1 aliphatic carbocycles. The molecule has 2 unspecified atom stereocenters. The molecule has 1 fully saturated rings. The van der Waals surface area contributed by atoms with Gasteiger partial charge in [0.1, 0.15) is 0 Å². The van der Waals surface area contributed by atoms with Crippen molar-refractivity contribution < 1.29 is 5.11 Å². The van der Waals surface area contributed by atoms with Crippen molar-refractivity contribution in [2.24, 2.45) is 0 Å². The summed E-state index contributed by atoms with van der Waals surface area (Å²) < 4.78 is 3.05. The van der Waals surface area contributed by atoms with E-state index in [1.807, 2.05) is 10.9 Å². The van der Waals surface area contributed by atoms with E-state index in [4.69, 9.17) is 0 Å². The van der Waals surface area contributed by atoms with Gasteiger partial charge in [0.2, 0.25) is 0 Å². The SMILES string of the molecule is CC(C)n1ncc(Br)c1C1CCCC1O. The number of aliphatic hydroxyl groups excluding tert-OH is 1. The molecule has 0 radical (unpaired) electrons. The number of aromatic nitrogens is 2. The first-order valence-corrected chi connectivity index (χ1v) is 6.31. The van der Waals surface area contributed by atoms with E-state index in [1.165, 1.54) is 0 Å². The summed E-state index contributed by atoms with van der Waals surface area (Å²) in [6, 6.07) is 0.346. The second-order valence-corrected chi connectivity index (χ2v) is 5.38. The van der Waals surface area contributed by atoms with E-state index in [2.05, 4.69) is 34.9 Å². The van der Waals surface area contributed by atoms with Gasteiger partial charge in [-0.2, -0.15) is 5.10 Å². The highest BCUT2D eigenvalue weighted by Gasteiger charge is 2.31. The van der Waals surface area contributed by atoms with Crippen molar-refractivity contribution in [3.05, 3.63) is 16.4 Å². The summed E-state index contributed by atoms with van der Waals surface area (Å²) in [5.74, 6) is 0.254. The summed E-state index contributed by atoms with van der Waals surface area (Å²) in [6.07, 6.45) is 4.73. The largest absolute Gasteiger partial charge is 0.392 e. The van der Waals surface area contributed by atoms with Gasteiger partial charge in [0, 0.05) is 12.0 Å². The fourth-order valence-corrected chi connectivity index (χ4v) is 2.94. The van der Waals surface area contributed by atoms with E-state index in [-0.39, 0.29) is 12.0 Å². The number of rotatable bonds is 2. The van der Waals surface area contributed by atoms with Crippen LogP contribution < -0.4 is 0 Å². The lowest BCUT2D eigenvalue weighted by molar-refractivity contribution is 0.159. The summed E-state index contributed by atoms with van der Waals surface area (Å²) >= 11 is 3.53. The fourth-order valence-electron chi connectivity index (χ4n) is 2.37. The zero-order chi connectivity index (χ0) is 11.0. The summed E-state index contributed by atoms with van der Waals surface area (Å²) in [5, 5.41) is 14.3. The molecule has 3 nitrogen and oxygen atoms in total. The zero-order valence-corrected chi connectivity index (χ0v) is 10.7. The Labute approximate surface area is 98.6 Å². The molecule has 2 atom stereocenters. The summed E-state index contributed by atoms with van der Waals surface area (Å²) in [5.41, 5.74) is 1.16. The standard InChI is InChI=1S/C11H17BrN2O/c1-7(2)14-11(9(12)6-13-14)8-4-3-5-10(8)15/h6-8,10,15H,3-5H2,1-2H3. The Morgan fingerprint density at radius 3 is 2.80 bits per heavy atom. The predicted octanol–water partition coefficient (Wildman–Crippen LogP) is 2.85. The molecule has 1 aromatic heterocycles. The summed E-state index contributed by atoms with van der Waals surface area (Å²) in [4.78, 5) is 0. The molecule has 0 aliphatic heterocycles. The van der Waals surface area contributed by atoms with Crippen LogP contribution in [0.15, 0.2) is 10.7 Å². The third-order valence-electron chi connectivity index (χ3n) is 3.11. The van der Waals surface area contributed by atoms with E-state index in [1.54, 1.807) is 0 Å². The third kappa shape index (κ3) is 1.97. The summed E-state index contributed by atoms with van der Waals surface area (Å²) in [7, 11) is 0. The van der Waals surface area contributed by atoms with E-state index in [0.717, 1.165) is 29.4 Å². The van der Waals surface area contributed by atoms with Crippen molar-refractivity contribution >= 4 is 15.9 Å². The molecule has 4 heteroatoms. The topological polar surface area (TPSA) is 38.0 Å². The first kappa shape index (κ1) is 11.1. The molecule has 0 amide bonds. The van der Waals surface area contributed by atoms with Gasteiger partial charge in [-0.15, -0.1) is 0 Å². The average molecular weight is 273 g/mol. The molecule has 0 aromatic carbocycles. The van der Waals surface area contributed by atoms with Crippen molar-refractivity contribution in [2.75, 3.05) is 0 Å². The number of hydrogen-bond donors (Lipinski definition) is 1. The van der Waals surface area contributed by atoms with E-state index in [9.17, 15) is 5.11 Å². The molecule has 0 saturated heterocycles. The Morgan fingerprint density at radius 1 is 1.53 bits per heavy atom. The van der Waals surface area contributed by atoms with Gasteiger partial charge >= 0.3 is 0 Å². The Hall–Kier alpha value is -0.350. The number of aliphatic hydroxyl groups is 1. The van der Waals surface area contributed by atoms with Gasteiger partial charge in [-0.3, -0.25) is 4.68 Å². The maximum Gasteiger partial charge on any atom is 0.0635 e. The lowest BCUT2D eigenvalue weighted by Crippen LogP contribution is -2.17. The Morgan fingerprint density at radius 2 is 2.27 bits per heavy atom. The molecule has 84 valence electrons. The average Bonchev–Trinajstić information content (AvgIpc) is 2.71. The summed E-state index contributed by atoms with van der Waals surface area (Å²) in [6.45, 7) is 4.23. The van der Waals surface area contributed by atoms with Crippen molar-refractivity contribution in [3.63, 3.8) is 0 Å². The highest BCUT2D eigenvalue weighted by atomic mass is 79.9. The molecule has 1 heterocycles. The molecule has 0 spiro atoms. The fraction of sp³-hybridized carbons (Fsp3) is 0.727. The third-order valence-corrected chi connectivity index (χ3v) is 3.72. The van der Waals surface area contributed by atoms with Crippen LogP contribution >= 0.6 is 15.9 Å². The maximum absolute atomic E-state index is 9.93. The van der Waals surface area contributed by atoms with Crippen LogP contribution in [-0.2, 0) is 0 Å². The smallest absolute Gasteiger partial charge is 0.0635 e. The van der Waals surface area contributed by atoms with Crippen molar-refractivity contribution in [1.29, 1.82) is 0 Å². The van der Waals surface area contributed by atoms with Crippen LogP contribution in [-0.4, -0.2) is 21.0 Å². The molecule has 15 heavy (non-hydrogen) atoms. The molecule has 1 saturated carbocycles. The van der Waals surface area contributed by atoms with Crippen LogP contribution in [0.4, 0.5) is 0 Å². The van der Waals surface area contributed by atoms with Crippen LogP contribution in [0.1, 0.15) is 50.8 Å². The van der Waals surface area contributed by atoms with Crippen LogP contribution in [0.25, 0.3) is 0 Å². The van der Waals surface area contributed by atoms with Gasteiger partial charge in [0.05, 0.1) is 22.5 Å². The number of nitrogens with zero attached hydrogens (tertiary/aromatic N) is 2. The second kappa shape index (κ2) is 4.26. The van der Waals surface area contributed by atoms with Crippen molar-refractivity contribution in [1.82, 2.24) is 9.78 Å². The molecule has 1 N–H and O–H groups in total. The molecule has 1 aliphatic rings. The van der Waals surface area contributed by atoms with Gasteiger partial charge in [-0.1, -0.05) is 6.42 Å². The highest BCUT2D eigenvalue weighted by Crippen LogP contribution is 2.38. The first-order chi connectivity index (χ1) is 7.11. The number of halogens is 1. The Kier molecular flexibility index (Phi) is 3.16. The van der Waals surface area contributed by atoms with Crippen molar-refractivity contribution in [2.45, 2.75) is 51.2 Å². The zero-order valence-electron chi connectivity index (χ0n) is 9.15. The molecule has 2 rings (SSSR count). The molecular formula is C11H17BrN2O. The van der Waals surface area contributed by atoms with Crippen molar-refractivity contribution in [3.8, 4) is 0 Å². The second-order valence-electron chi connectivity index (χ2n) is 4.52. The van der Waals surface area contributed by atoms with Crippen LogP contribution in [0, 0.1) is 0 Å². The van der Waals surface area contributed by atoms with E-state index >= 15 is 0 Å². The van der Waals surface area contributed by atoms with Crippen LogP contribution in [0.3, 0.4) is 0 Å². The van der Waals surface area contributed by atoms with Gasteiger partial charge in [0.25, 0.3) is 0 Å². The number of hydrogen-bond acceptors (Lipinski definition) is 2. The monoisotopic (exact) mass is 272 g/mol. The van der Waals surface area contributed by atoms with Crippen LogP contribution in [0.5, 0.6) is 0 Å². The van der Waals surface area contributed by atoms with Gasteiger partial charge in [-0.25, -0.2) is 0 Å². The van der Waals surface area contributed by atoms with E-state index < -0.39 is 0 Å². The van der Waals surface area contributed by atoms with Crippen LogP contribution in [0.2, 0.25) is 0 Å². The quantitative estimate of drug-likeness (QED) is 0.899. The Balaban J connectivity index is 2.37. The van der Waals surface area contributed by atoms with E-state index in [0.29, 0.717) is 6.04 Å². The van der Waals surface area contributed by atoms with Gasteiger partial charge in [0.15, 0.2) is 0 Å². The molecule has 0 bridgehead atoms. The molecule has 1 aromatic rings. The maximum atomic E-state index is 9.93. The van der Waals surface area contributed by atoms with Gasteiger partial charge < -0.3 is 5.11 Å². The first-order valence-electron chi connectivity index (χ1n) is 5.52. The Bertz CT molecular complexity index is 348.